The predicted octanol–water partition coefficient (Wildman–Crippen LogP) is 2.42. The smallest absolute Gasteiger partial charge is 0.232 e. The highest BCUT2D eigenvalue weighted by molar-refractivity contribution is 9.10. The molecule has 0 aromatic carbocycles. The minimum atomic E-state index is -0.395. The third-order valence-electron chi connectivity index (χ3n) is 1.49. The van der Waals surface area contributed by atoms with E-state index in [0.29, 0.717) is 15.3 Å². The number of carbonyl (C=O) groups excluding carboxylic acids is 2. The molecule has 1 heterocycles. The number of hydrogen-bond acceptors (Lipinski definition) is 3. The topological polar surface area (TPSA) is 59.1 Å². The van der Waals surface area contributed by atoms with Crippen molar-refractivity contribution >= 4 is 45.0 Å². The molecule has 0 fully saturated rings. The first kappa shape index (κ1) is 12.1. The Hall–Kier alpha value is -0.940. The Morgan fingerprint density at radius 2 is 2.27 bits per heavy atom. The number of pyridine rings is 1. The number of amides is 1. The van der Waals surface area contributed by atoms with Crippen molar-refractivity contribution in [1.29, 1.82) is 0 Å². The standard InChI is InChI=1S/C9H8BrClN2O2/c1-5(14)2-9(15)13-8-3-7(11)6(10)4-12-8/h3-4H,2H2,1H3,(H,12,13,15). The summed E-state index contributed by atoms with van der Waals surface area (Å²) in [7, 11) is 0. The fourth-order valence-electron chi connectivity index (χ4n) is 0.896. The Morgan fingerprint density at radius 1 is 1.60 bits per heavy atom. The minimum absolute atomic E-state index is 0.157. The highest BCUT2D eigenvalue weighted by Crippen LogP contribution is 2.23. The van der Waals surface area contributed by atoms with Gasteiger partial charge >= 0.3 is 0 Å². The van der Waals surface area contributed by atoms with Gasteiger partial charge in [0.05, 0.1) is 15.9 Å². The molecule has 0 atom stereocenters. The lowest BCUT2D eigenvalue weighted by atomic mass is 10.3. The fourth-order valence-corrected chi connectivity index (χ4v) is 1.26. The van der Waals surface area contributed by atoms with Crippen LogP contribution in [0.2, 0.25) is 5.02 Å². The number of halogens is 2. The number of nitrogens with zero attached hydrogens (tertiary/aromatic N) is 1. The second-order valence-corrected chi connectivity index (χ2v) is 4.17. The molecule has 0 saturated carbocycles. The summed E-state index contributed by atoms with van der Waals surface area (Å²) in [4.78, 5) is 25.8. The molecule has 15 heavy (non-hydrogen) atoms. The summed E-state index contributed by atoms with van der Waals surface area (Å²) >= 11 is 8.97. The molecular weight excluding hydrogens is 283 g/mol. The van der Waals surface area contributed by atoms with Crippen molar-refractivity contribution in [3.8, 4) is 0 Å². The number of nitrogens with one attached hydrogen (secondary N) is 1. The average molecular weight is 292 g/mol. The number of Topliss-reactive ketones (excluding diaryl/α,β-unsaturated/α-hetero) is 1. The molecule has 0 aliphatic carbocycles. The maximum atomic E-state index is 11.2. The molecule has 80 valence electrons. The van der Waals surface area contributed by atoms with Crippen LogP contribution in [0.25, 0.3) is 0 Å². The maximum absolute atomic E-state index is 11.2. The summed E-state index contributed by atoms with van der Waals surface area (Å²) in [6, 6.07) is 1.50. The molecule has 1 aromatic heterocycles. The van der Waals surface area contributed by atoms with Gasteiger partial charge in [0.1, 0.15) is 11.6 Å². The minimum Gasteiger partial charge on any atom is -0.310 e. The molecule has 0 unspecified atom stereocenters. The second kappa shape index (κ2) is 5.23. The number of carbonyl (C=O) groups is 2. The van der Waals surface area contributed by atoms with Crippen molar-refractivity contribution in [3.05, 3.63) is 21.8 Å². The van der Waals surface area contributed by atoms with Crippen LogP contribution in [0.5, 0.6) is 0 Å². The molecule has 0 aliphatic rings. The summed E-state index contributed by atoms with van der Waals surface area (Å²) < 4.78 is 0.647. The van der Waals surface area contributed by atoms with Gasteiger partial charge in [-0.3, -0.25) is 9.59 Å². The lowest BCUT2D eigenvalue weighted by Crippen LogP contribution is -2.15. The van der Waals surface area contributed by atoms with Crippen LogP contribution in [0.3, 0.4) is 0 Å². The highest BCUT2D eigenvalue weighted by Gasteiger charge is 2.07. The fraction of sp³-hybridized carbons (Fsp3) is 0.222. The number of hydrogen-bond donors (Lipinski definition) is 1. The molecule has 0 aliphatic heterocycles. The quantitative estimate of drug-likeness (QED) is 0.870. The summed E-state index contributed by atoms with van der Waals surface area (Å²) in [5.41, 5.74) is 0. The Labute approximate surface area is 100 Å². The van der Waals surface area contributed by atoms with E-state index >= 15 is 0 Å². The van der Waals surface area contributed by atoms with Gasteiger partial charge in [-0.15, -0.1) is 0 Å². The van der Waals surface area contributed by atoms with E-state index in [0.717, 1.165) is 0 Å². The van der Waals surface area contributed by atoms with E-state index in [4.69, 9.17) is 11.6 Å². The number of ketones is 1. The molecule has 0 spiro atoms. The lowest BCUT2D eigenvalue weighted by Gasteiger charge is -2.03. The molecule has 1 rings (SSSR count). The van der Waals surface area contributed by atoms with Crippen LogP contribution in [0.4, 0.5) is 5.82 Å². The normalized spacial score (nSPS) is 9.80. The van der Waals surface area contributed by atoms with Gasteiger partial charge in [-0.25, -0.2) is 4.98 Å². The van der Waals surface area contributed by atoms with Crippen LogP contribution in [-0.2, 0) is 9.59 Å². The van der Waals surface area contributed by atoms with E-state index in [2.05, 4.69) is 26.2 Å². The summed E-state index contributed by atoms with van der Waals surface area (Å²) in [5, 5.41) is 2.91. The van der Waals surface area contributed by atoms with Gasteiger partial charge in [-0.2, -0.15) is 0 Å². The zero-order valence-electron chi connectivity index (χ0n) is 7.88. The van der Waals surface area contributed by atoms with E-state index in [9.17, 15) is 9.59 Å². The van der Waals surface area contributed by atoms with Crippen LogP contribution in [0, 0.1) is 0 Å². The first-order valence-electron chi connectivity index (χ1n) is 4.09. The lowest BCUT2D eigenvalue weighted by molar-refractivity contribution is -0.124. The first-order valence-corrected chi connectivity index (χ1v) is 5.26. The average Bonchev–Trinajstić information content (AvgIpc) is 2.10. The largest absolute Gasteiger partial charge is 0.310 e. The number of rotatable bonds is 3. The van der Waals surface area contributed by atoms with Crippen molar-refractivity contribution in [3.63, 3.8) is 0 Å². The van der Waals surface area contributed by atoms with Gasteiger partial charge in [-0.05, 0) is 22.9 Å². The Bertz CT molecular complexity index is 409. The van der Waals surface area contributed by atoms with Crippen LogP contribution in [-0.4, -0.2) is 16.7 Å². The van der Waals surface area contributed by atoms with Crippen LogP contribution < -0.4 is 5.32 Å². The van der Waals surface area contributed by atoms with Gasteiger partial charge < -0.3 is 5.32 Å². The Morgan fingerprint density at radius 3 is 2.80 bits per heavy atom. The SMILES string of the molecule is CC(=O)CC(=O)Nc1cc(Cl)c(Br)cn1. The predicted molar refractivity (Wildman–Crippen MR) is 60.9 cm³/mol. The maximum Gasteiger partial charge on any atom is 0.232 e. The highest BCUT2D eigenvalue weighted by atomic mass is 79.9. The van der Waals surface area contributed by atoms with Gasteiger partial charge in [-0.1, -0.05) is 11.6 Å². The Balaban J connectivity index is 2.69. The molecular formula is C9H8BrClN2O2. The zero-order chi connectivity index (χ0) is 11.4. The summed E-state index contributed by atoms with van der Waals surface area (Å²) in [5.74, 6) is -0.265. The van der Waals surface area contributed by atoms with E-state index < -0.39 is 5.91 Å². The van der Waals surface area contributed by atoms with Crippen molar-refractivity contribution in [2.24, 2.45) is 0 Å². The molecule has 1 N–H and O–H groups in total. The van der Waals surface area contributed by atoms with Crippen molar-refractivity contribution in [1.82, 2.24) is 4.98 Å². The summed E-state index contributed by atoms with van der Waals surface area (Å²) in [6.45, 7) is 1.35. The van der Waals surface area contributed by atoms with E-state index in [1.54, 1.807) is 0 Å². The molecule has 0 radical (unpaired) electrons. The second-order valence-electron chi connectivity index (χ2n) is 2.91. The molecule has 4 nitrogen and oxygen atoms in total. The van der Waals surface area contributed by atoms with Gasteiger partial charge in [0, 0.05) is 12.3 Å². The molecule has 0 saturated heterocycles. The van der Waals surface area contributed by atoms with Crippen LogP contribution >= 0.6 is 27.5 Å². The van der Waals surface area contributed by atoms with Gasteiger partial charge in [0.2, 0.25) is 5.91 Å². The van der Waals surface area contributed by atoms with Gasteiger partial charge in [0.25, 0.3) is 0 Å². The molecule has 1 aromatic rings. The van der Waals surface area contributed by atoms with Crippen molar-refractivity contribution in [2.75, 3.05) is 5.32 Å². The summed E-state index contributed by atoms with van der Waals surface area (Å²) in [6.07, 6.45) is 1.32. The molecule has 6 heteroatoms. The van der Waals surface area contributed by atoms with E-state index in [1.165, 1.54) is 19.2 Å². The molecule has 0 bridgehead atoms. The third-order valence-corrected chi connectivity index (χ3v) is 2.66. The third kappa shape index (κ3) is 3.97. The van der Waals surface area contributed by atoms with Crippen molar-refractivity contribution < 1.29 is 9.59 Å². The van der Waals surface area contributed by atoms with Crippen LogP contribution in [0.1, 0.15) is 13.3 Å². The van der Waals surface area contributed by atoms with Crippen LogP contribution in [0.15, 0.2) is 16.7 Å². The van der Waals surface area contributed by atoms with Crippen molar-refractivity contribution in [2.45, 2.75) is 13.3 Å². The molecule has 1 amide bonds. The Kier molecular flexibility index (Phi) is 4.23. The monoisotopic (exact) mass is 290 g/mol. The van der Waals surface area contributed by atoms with E-state index in [-0.39, 0.29) is 12.2 Å². The zero-order valence-corrected chi connectivity index (χ0v) is 10.2. The van der Waals surface area contributed by atoms with Gasteiger partial charge in [0.15, 0.2) is 0 Å². The first-order chi connectivity index (χ1) is 6.99. The number of aromatic nitrogens is 1. The number of anilines is 1. The van der Waals surface area contributed by atoms with E-state index in [1.807, 2.05) is 0 Å².